The molecule has 0 bridgehead atoms. The predicted octanol–water partition coefficient (Wildman–Crippen LogP) is 4.27. The van der Waals surface area contributed by atoms with Crippen LogP contribution >= 0.6 is 0 Å². The van der Waals surface area contributed by atoms with Crippen molar-refractivity contribution in [3.05, 3.63) is 60.1 Å². The van der Waals surface area contributed by atoms with Crippen LogP contribution in [-0.2, 0) is 11.0 Å². The molecule has 1 aliphatic rings. The van der Waals surface area contributed by atoms with Crippen molar-refractivity contribution in [2.45, 2.75) is 6.18 Å². The average molecular weight is 482 g/mol. The van der Waals surface area contributed by atoms with Crippen LogP contribution in [0.1, 0.15) is 5.56 Å². The first-order valence-corrected chi connectivity index (χ1v) is 9.92. The van der Waals surface area contributed by atoms with Crippen LogP contribution in [0.25, 0.3) is 22.0 Å². The van der Waals surface area contributed by atoms with Gasteiger partial charge < -0.3 is 14.9 Å². The number of phenolic OH excluding ortho intramolecular Hbond substituents is 1. The normalized spacial score (nSPS) is 14.5. The molecule has 1 saturated heterocycles. The van der Waals surface area contributed by atoms with E-state index in [0.29, 0.717) is 12.1 Å². The second-order valence-corrected chi connectivity index (χ2v) is 7.54. The number of aromatic hydroxyl groups is 1. The molecule has 6 nitrogen and oxygen atoms in total. The maximum Gasteiger partial charge on any atom is 0.417 e. The number of carbonyl (C=O) groups excluding carboxylic acids is 1. The summed E-state index contributed by atoms with van der Waals surface area (Å²) in [4.78, 5) is 14.9. The van der Waals surface area contributed by atoms with E-state index in [1.54, 1.807) is 4.90 Å². The van der Waals surface area contributed by atoms with Gasteiger partial charge in [-0.25, -0.2) is 13.2 Å². The molecule has 178 valence electrons. The molecule has 2 aromatic carbocycles. The second-order valence-electron chi connectivity index (χ2n) is 7.54. The van der Waals surface area contributed by atoms with Gasteiger partial charge in [-0.3, -0.25) is 4.79 Å². The Morgan fingerprint density at radius 3 is 2.32 bits per heavy atom. The van der Waals surface area contributed by atoms with Crippen molar-refractivity contribution in [2.24, 2.45) is 0 Å². The molecule has 1 aliphatic heterocycles. The summed E-state index contributed by atoms with van der Waals surface area (Å²) in [5.41, 5.74) is -4.48. The third-order valence-corrected chi connectivity index (χ3v) is 5.55. The number of aromatic nitrogens is 2. The summed E-state index contributed by atoms with van der Waals surface area (Å²) in [6.45, 7) is 4.34. The average Bonchev–Trinajstić information content (AvgIpc) is 2.78. The molecule has 1 amide bonds. The van der Waals surface area contributed by atoms with Crippen molar-refractivity contribution in [3.63, 3.8) is 0 Å². The summed E-state index contributed by atoms with van der Waals surface area (Å²) in [6, 6.07) is 1.22. The van der Waals surface area contributed by atoms with Crippen LogP contribution in [0.5, 0.6) is 5.75 Å². The SMILES string of the molecule is C=CC(=O)N1CCN(c2cnnc3c(F)c(-c4c(O)cc(F)cc4F)c(C(F)(F)F)cc23)CC1. The third kappa shape index (κ3) is 3.99. The minimum atomic E-state index is -5.16. The van der Waals surface area contributed by atoms with Crippen LogP contribution < -0.4 is 4.90 Å². The van der Waals surface area contributed by atoms with Gasteiger partial charge in [-0.2, -0.15) is 18.3 Å². The standard InChI is InChI=1S/C22H16F6N4O2/c1-2-17(34)32-5-3-31(4-6-32)15-10-29-30-21-12(15)9-13(22(26,27)28)18(20(21)25)19-14(24)7-11(23)8-16(19)33/h2,7-10,33H,1,3-6H2. The van der Waals surface area contributed by atoms with Crippen molar-refractivity contribution in [3.8, 4) is 16.9 Å². The lowest BCUT2D eigenvalue weighted by Gasteiger charge is -2.36. The molecule has 0 saturated carbocycles. The molecule has 1 fully saturated rings. The van der Waals surface area contributed by atoms with Crippen molar-refractivity contribution in [2.75, 3.05) is 31.1 Å². The van der Waals surface area contributed by atoms with Gasteiger partial charge in [0.05, 0.1) is 23.0 Å². The molecule has 1 aromatic heterocycles. The van der Waals surface area contributed by atoms with Gasteiger partial charge in [-0.1, -0.05) is 6.58 Å². The molecular formula is C22H16F6N4O2. The molecule has 3 aromatic rings. The summed E-state index contributed by atoms with van der Waals surface area (Å²) in [5.74, 6) is -5.89. The van der Waals surface area contributed by atoms with E-state index in [4.69, 9.17) is 0 Å². The number of fused-ring (bicyclic) bond motifs is 1. The number of phenols is 1. The maximum absolute atomic E-state index is 15.5. The topological polar surface area (TPSA) is 69.6 Å². The van der Waals surface area contributed by atoms with E-state index >= 15 is 4.39 Å². The Hall–Kier alpha value is -3.83. The molecular weight excluding hydrogens is 466 g/mol. The number of carbonyl (C=O) groups is 1. The number of amides is 1. The molecule has 2 heterocycles. The summed E-state index contributed by atoms with van der Waals surface area (Å²) in [6.07, 6.45) is -2.84. The summed E-state index contributed by atoms with van der Waals surface area (Å²) in [7, 11) is 0. The lowest BCUT2D eigenvalue weighted by atomic mass is 9.94. The summed E-state index contributed by atoms with van der Waals surface area (Å²) >= 11 is 0. The monoisotopic (exact) mass is 482 g/mol. The fourth-order valence-electron chi connectivity index (χ4n) is 3.97. The molecule has 0 aliphatic carbocycles. The minimum Gasteiger partial charge on any atom is -0.507 e. The van der Waals surface area contributed by atoms with Gasteiger partial charge in [0.1, 0.15) is 22.9 Å². The Kier molecular flexibility index (Phi) is 5.84. The van der Waals surface area contributed by atoms with Crippen molar-refractivity contribution in [1.82, 2.24) is 15.1 Å². The molecule has 12 heteroatoms. The van der Waals surface area contributed by atoms with E-state index in [-0.39, 0.29) is 49.2 Å². The highest BCUT2D eigenvalue weighted by Gasteiger charge is 2.39. The highest BCUT2D eigenvalue weighted by molar-refractivity contribution is 5.96. The highest BCUT2D eigenvalue weighted by atomic mass is 19.4. The molecule has 0 radical (unpaired) electrons. The van der Waals surface area contributed by atoms with Crippen molar-refractivity contribution >= 4 is 22.5 Å². The van der Waals surface area contributed by atoms with E-state index in [9.17, 15) is 31.9 Å². The van der Waals surface area contributed by atoms with Gasteiger partial charge in [0.25, 0.3) is 0 Å². The zero-order valence-corrected chi connectivity index (χ0v) is 17.3. The van der Waals surface area contributed by atoms with Crippen LogP contribution in [0.3, 0.4) is 0 Å². The van der Waals surface area contributed by atoms with Crippen LogP contribution in [0.2, 0.25) is 0 Å². The lowest BCUT2D eigenvalue weighted by Crippen LogP contribution is -2.48. The Morgan fingerprint density at radius 2 is 1.74 bits per heavy atom. The summed E-state index contributed by atoms with van der Waals surface area (Å²) in [5, 5.41) is 17.0. The first-order chi connectivity index (χ1) is 16.0. The van der Waals surface area contributed by atoms with E-state index in [1.165, 1.54) is 11.1 Å². The highest BCUT2D eigenvalue weighted by Crippen LogP contribution is 2.46. The van der Waals surface area contributed by atoms with Crippen LogP contribution in [0.4, 0.5) is 32.0 Å². The van der Waals surface area contributed by atoms with Crippen molar-refractivity contribution in [1.29, 1.82) is 0 Å². The van der Waals surface area contributed by atoms with Crippen molar-refractivity contribution < 1.29 is 36.2 Å². The number of hydrogen-bond donors (Lipinski definition) is 1. The predicted molar refractivity (Wildman–Crippen MR) is 111 cm³/mol. The number of alkyl halides is 3. The lowest BCUT2D eigenvalue weighted by molar-refractivity contribution is -0.137. The smallest absolute Gasteiger partial charge is 0.417 e. The van der Waals surface area contributed by atoms with Gasteiger partial charge in [0.15, 0.2) is 5.82 Å². The zero-order valence-electron chi connectivity index (χ0n) is 17.3. The molecule has 4 rings (SSSR count). The molecule has 0 unspecified atom stereocenters. The number of benzene rings is 2. The maximum atomic E-state index is 15.5. The van der Waals surface area contributed by atoms with Gasteiger partial charge in [0, 0.05) is 49.3 Å². The number of nitrogens with zero attached hydrogens (tertiary/aromatic N) is 4. The van der Waals surface area contributed by atoms with E-state index in [0.717, 1.165) is 6.08 Å². The third-order valence-electron chi connectivity index (χ3n) is 5.55. The van der Waals surface area contributed by atoms with Gasteiger partial charge in [-0.05, 0) is 12.1 Å². The van der Waals surface area contributed by atoms with Gasteiger partial charge >= 0.3 is 6.18 Å². The number of rotatable bonds is 3. The van der Waals surface area contributed by atoms with E-state index in [2.05, 4.69) is 16.8 Å². The quantitative estimate of drug-likeness (QED) is 0.446. The van der Waals surface area contributed by atoms with Crippen LogP contribution in [0.15, 0.2) is 37.1 Å². The Balaban J connectivity index is 1.91. The van der Waals surface area contributed by atoms with Crippen LogP contribution in [-0.4, -0.2) is 52.3 Å². The number of halogens is 6. The molecule has 1 N–H and O–H groups in total. The molecule has 0 spiro atoms. The Morgan fingerprint density at radius 1 is 1.06 bits per heavy atom. The van der Waals surface area contributed by atoms with Gasteiger partial charge in [0.2, 0.25) is 5.91 Å². The molecule has 0 atom stereocenters. The first kappa shape index (κ1) is 23.3. The van der Waals surface area contributed by atoms with E-state index in [1.807, 2.05) is 0 Å². The fraction of sp³-hybridized carbons (Fsp3) is 0.227. The first-order valence-electron chi connectivity index (χ1n) is 9.92. The Bertz CT molecular complexity index is 1280. The Labute approximate surface area is 188 Å². The fourth-order valence-corrected chi connectivity index (χ4v) is 3.97. The van der Waals surface area contributed by atoms with Crippen LogP contribution in [0, 0.1) is 17.5 Å². The number of anilines is 1. The zero-order chi connectivity index (χ0) is 24.8. The van der Waals surface area contributed by atoms with Gasteiger partial charge in [-0.15, -0.1) is 5.10 Å². The largest absolute Gasteiger partial charge is 0.507 e. The summed E-state index contributed by atoms with van der Waals surface area (Å²) < 4.78 is 85.3. The minimum absolute atomic E-state index is 0.135. The number of piperazine rings is 1. The molecule has 34 heavy (non-hydrogen) atoms. The number of hydrogen-bond acceptors (Lipinski definition) is 5. The second kappa shape index (κ2) is 8.50. The van der Waals surface area contributed by atoms with E-state index < -0.39 is 51.6 Å².